The molecule has 0 aliphatic carbocycles. The van der Waals surface area contributed by atoms with Crippen molar-refractivity contribution in [2.75, 3.05) is 13.2 Å². The number of ether oxygens (including phenoxy) is 2. The van der Waals surface area contributed by atoms with Crippen LogP contribution in [0.5, 0.6) is 0 Å². The molecular formula is C60H112O8Sn. The summed E-state index contributed by atoms with van der Waals surface area (Å²) in [5.41, 5.74) is 0. The predicted molar refractivity (Wildman–Crippen MR) is 294 cm³/mol. The SMILES string of the molecule is CCCCCCCCCCCCCCCCCCOC(=O)/C=C\C([O])=O.CCCCCCCCCCCCCCCCCCOC(=O)/C=C\C([O])=O.[CH2]CCCCCCC.[CH2]CCCCCCC.[Sn]. The van der Waals surface area contributed by atoms with Crippen molar-refractivity contribution in [1.29, 1.82) is 0 Å². The second-order valence-electron chi connectivity index (χ2n) is 18.8. The number of hydrogen-bond donors (Lipinski definition) is 0. The van der Waals surface area contributed by atoms with Gasteiger partial charge in [0.15, 0.2) is 0 Å². The fourth-order valence-corrected chi connectivity index (χ4v) is 7.57. The number of carbonyl (C=O) groups excluding carboxylic acids is 4. The third-order valence-electron chi connectivity index (χ3n) is 11.9. The molecule has 0 saturated carbocycles. The minimum atomic E-state index is -1.38. The van der Waals surface area contributed by atoms with E-state index in [0.717, 1.165) is 50.7 Å². The molecule has 0 fully saturated rings. The first-order chi connectivity index (χ1) is 33.2. The monoisotopic (exact) mass is 1080 g/mol. The van der Waals surface area contributed by atoms with Crippen LogP contribution in [0.4, 0.5) is 0 Å². The van der Waals surface area contributed by atoms with Gasteiger partial charge in [0.25, 0.3) is 0 Å². The van der Waals surface area contributed by atoms with E-state index >= 15 is 0 Å². The van der Waals surface area contributed by atoms with E-state index in [0.29, 0.717) is 25.4 Å². The van der Waals surface area contributed by atoms with Crippen molar-refractivity contribution in [3.8, 4) is 0 Å². The number of carbonyl (C=O) groups is 4. The Morgan fingerprint density at radius 3 is 0.638 bits per heavy atom. The van der Waals surface area contributed by atoms with E-state index in [2.05, 4.69) is 41.5 Å². The largest absolute Gasteiger partial charge is 0.463 e. The number of unbranched alkanes of at least 4 members (excludes halogenated alkanes) is 40. The Labute approximate surface area is 445 Å². The molecule has 9 heteroatoms. The zero-order chi connectivity index (χ0) is 51.1. The molecule has 0 aromatic rings. The van der Waals surface area contributed by atoms with E-state index in [1.165, 1.54) is 244 Å². The molecule has 404 valence electrons. The number of rotatable bonds is 48. The zero-order valence-corrected chi connectivity index (χ0v) is 48.9. The number of esters is 2. The summed E-state index contributed by atoms with van der Waals surface area (Å²) in [6, 6.07) is 0. The summed E-state index contributed by atoms with van der Waals surface area (Å²) < 4.78 is 9.79. The van der Waals surface area contributed by atoms with E-state index in [9.17, 15) is 29.4 Å². The molecule has 69 heavy (non-hydrogen) atoms. The Balaban J connectivity index is -0.000000297. The van der Waals surface area contributed by atoms with Crippen LogP contribution < -0.4 is 0 Å². The average molecular weight is 1080 g/mol. The van der Waals surface area contributed by atoms with E-state index in [1.54, 1.807) is 0 Å². The van der Waals surface area contributed by atoms with E-state index < -0.39 is 23.9 Å². The predicted octanol–water partition coefficient (Wildman–Crippen LogP) is 18.6. The van der Waals surface area contributed by atoms with Crippen LogP contribution in [-0.2, 0) is 38.9 Å². The van der Waals surface area contributed by atoms with Crippen LogP contribution in [0.25, 0.3) is 0 Å². The Morgan fingerprint density at radius 2 is 0.464 bits per heavy atom. The first kappa shape index (κ1) is 76.1. The van der Waals surface area contributed by atoms with Crippen molar-refractivity contribution in [3.63, 3.8) is 0 Å². The molecule has 0 aromatic heterocycles. The third kappa shape index (κ3) is 86.4. The molecule has 8 nitrogen and oxygen atoms in total. The molecule has 0 heterocycles. The van der Waals surface area contributed by atoms with Crippen LogP contribution in [0.2, 0.25) is 0 Å². The molecule has 0 aliphatic rings. The molecule has 0 bridgehead atoms. The molecule has 0 atom stereocenters. The van der Waals surface area contributed by atoms with Gasteiger partial charge >= 0.3 is 23.9 Å². The number of hydrogen-bond acceptors (Lipinski definition) is 6. The quantitative estimate of drug-likeness (QED) is 0.0258. The topological polar surface area (TPSA) is 127 Å². The van der Waals surface area contributed by atoms with Crippen LogP contribution in [0.1, 0.15) is 310 Å². The Hall–Kier alpha value is -1.84. The first-order valence-electron chi connectivity index (χ1n) is 28.9. The van der Waals surface area contributed by atoms with Crippen molar-refractivity contribution in [2.45, 2.75) is 310 Å². The Morgan fingerprint density at radius 1 is 0.290 bits per heavy atom. The maximum atomic E-state index is 11.1. The molecule has 0 saturated heterocycles. The second kappa shape index (κ2) is 72.7. The van der Waals surface area contributed by atoms with Crippen LogP contribution in [0.3, 0.4) is 0 Å². The first-order valence-corrected chi connectivity index (χ1v) is 28.9. The molecule has 0 aliphatic heterocycles. The summed E-state index contributed by atoms with van der Waals surface area (Å²) in [5, 5.41) is 20.3. The van der Waals surface area contributed by atoms with Gasteiger partial charge in [-0.3, -0.25) is 0 Å². The van der Waals surface area contributed by atoms with Gasteiger partial charge in [-0.15, -0.1) is 0 Å². The molecule has 0 unspecified atom stereocenters. The van der Waals surface area contributed by atoms with Gasteiger partial charge in [0.2, 0.25) is 0 Å². The summed E-state index contributed by atoms with van der Waals surface area (Å²) in [6.45, 7) is 17.3. The van der Waals surface area contributed by atoms with Crippen molar-refractivity contribution in [3.05, 3.63) is 38.2 Å². The summed E-state index contributed by atoms with van der Waals surface area (Å²) in [6.07, 6.45) is 60.9. The summed E-state index contributed by atoms with van der Waals surface area (Å²) in [4.78, 5) is 42.5. The third-order valence-corrected chi connectivity index (χ3v) is 11.9. The van der Waals surface area contributed by atoms with Crippen LogP contribution in [0.15, 0.2) is 24.3 Å². The van der Waals surface area contributed by atoms with Crippen LogP contribution >= 0.6 is 0 Å². The van der Waals surface area contributed by atoms with E-state index in [1.807, 2.05) is 0 Å². The Bertz CT molecular complexity index is 968. The molecule has 0 aromatic carbocycles. The normalized spacial score (nSPS) is 10.6. The molecular weight excluding hydrogens is 967 g/mol. The van der Waals surface area contributed by atoms with Crippen molar-refractivity contribution in [2.24, 2.45) is 0 Å². The van der Waals surface area contributed by atoms with Gasteiger partial charge in [0, 0.05) is 48.2 Å². The molecule has 0 rings (SSSR count). The molecule has 0 amide bonds. The van der Waals surface area contributed by atoms with Gasteiger partial charge in [-0.25, -0.2) is 29.4 Å². The van der Waals surface area contributed by atoms with Crippen LogP contribution in [-0.4, -0.2) is 61.0 Å². The summed E-state index contributed by atoms with van der Waals surface area (Å²) >= 11 is 0. The molecule has 0 spiro atoms. The van der Waals surface area contributed by atoms with Gasteiger partial charge in [-0.05, 0) is 12.8 Å². The van der Waals surface area contributed by atoms with Crippen molar-refractivity contribution in [1.82, 2.24) is 0 Å². The second-order valence-corrected chi connectivity index (χ2v) is 18.8. The van der Waals surface area contributed by atoms with Gasteiger partial charge in [0.05, 0.1) is 13.2 Å². The standard InChI is InChI=1S/2C22H39O4.2C8H17.Sn/c2*1-2-3-4-5-6-7-8-9-10-11-12-13-14-15-16-17-20-26-22(25)19-18-21(23)24;2*1-3-5-7-8-6-4-2;/h2*18-19H,2-17,20H2,1H3;2*1,3-8H2,2H3;/b2*19-18-;;;. The van der Waals surface area contributed by atoms with Crippen LogP contribution in [0, 0.1) is 13.8 Å². The summed E-state index contributed by atoms with van der Waals surface area (Å²) in [5.74, 6) is -4.00. The molecule has 0 N–H and O–H groups in total. The maximum Gasteiger partial charge on any atom is 0.379 e. The minimum Gasteiger partial charge on any atom is -0.463 e. The van der Waals surface area contributed by atoms with Gasteiger partial charge in [-0.1, -0.05) is 311 Å². The fourth-order valence-electron chi connectivity index (χ4n) is 7.57. The van der Waals surface area contributed by atoms with Gasteiger partial charge in [-0.2, -0.15) is 0 Å². The van der Waals surface area contributed by atoms with Crippen molar-refractivity contribution < 1.29 is 38.9 Å². The van der Waals surface area contributed by atoms with E-state index in [4.69, 9.17) is 9.47 Å². The van der Waals surface area contributed by atoms with Gasteiger partial charge in [0.1, 0.15) is 0 Å². The van der Waals surface area contributed by atoms with Crippen molar-refractivity contribution >= 4 is 47.8 Å². The van der Waals surface area contributed by atoms with Gasteiger partial charge < -0.3 is 9.47 Å². The zero-order valence-electron chi connectivity index (χ0n) is 46.0. The smallest absolute Gasteiger partial charge is 0.379 e. The fraction of sp³-hybridized carbons (Fsp3) is 0.833. The maximum absolute atomic E-state index is 11.1. The minimum absolute atomic E-state index is 0. The summed E-state index contributed by atoms with van der Waals surface area (Å²) in [7, 11) is 0. The van der Waals surface area contributed by atoms with E-state index in [-0.39, 0.29) is 23.9 Å². The molecule has 8 radical (unpaired) electrons. The average Bonchev–Trinajstić information content (AvgIpc) is 3.33. The Kier molecular flexibility index (Phi) is 80.2.